The van der Waals surface area contributed by atoms with Gasteiger partial charge in [0.15, 0.2) is 0 Å². The molecule has 152 valence electrons. The monoisotopic (exact) mass is 400 g/mol. The molecule has 2 aromatic carbocycles. The van der Waals surface area contributed by atoms with Crippen molar-refractivity contribution in [2.75, 3.05) is 12.4 Å². The van der Waals surface area contributed by atoms with Gasteiger partial charge in [-0.2, -0.15) is 0 Å². The second-order valence-corrected chi connectivity index (χ2v) is 7.47. The van der Waals surface area contributed by atoms with E-state index in [9.17, 15) is 4.79 Å². The number of furan rings is 1. The fourth-order valence-corrected chi connectivity index (χ4v) is 3.66. The van der Waals surface area contributed by atoms with E-state index in [0.29, 0.717) is 5.75 Å². The molecule has 1 amide bonds. The number of aryl methyl sites for hydroxylation is 3. The zero-order valence-corrected chi connectivity index (χ0v) is 17.8. The van der Waals surface area contributed by atoms with E-state index in [0.717, 1.165) is 55.7 Å². The molecule has 0 saturated heterocycles. The summed E-state index contributed by atoms with van der Waals surface area (Å²) in [6.07, 6.45) is 1.59. The fraction of sp³-hybridized carbons (Fsp3) is 0.200. The molecule has 2 heterocycles. The summed E-state index contributed by atoms with van der Waals surface area (Å²) in [7, 11) is 1.62. The second kappa shape index (κ2) is 7.67. The van der Waals surface area contributed by atoms with Gasteiger partial charge in [-0.05, 0) is 69.2 Å². The number of nitrogens with zero attached hydrogens (tertiary/aromatic N) is 1. The fourth-order valence-electron chi connectivity index (χ4n) is 3.66. The van der Waals surface area contributed by atoms with Gasteiger partial charge >= 0.3 is 0 Å². The maximum Gasteiger partial charge on any atom is 0.248 e. The number of hydrogen-bond donors (Lipinski definition) is 1. The highest BCUT2D eigenvalue weighted by Gasteiger charge is 2.14. The summed E-state index contributed by atoms with van der Waals surface area (Å²) in [6.45, 7) is 7.82. The summed E-state index contributed by atoms with van der Waals surface area (Å²) < 4.78 is 11.4. The van der Waals surface area contributed by atoms with Gasteiger partial charge in [-0.15, -0.1) is 0 Å². The Labute approximate surface area is 175 Å². The maximum absolute atomic E-state index is 12.8. The highest BCUT2D eigenvalue weighted by atomic mass is 16.5. The number of pyridine rings is 1. The van der Waals surface area contributed by atoms with Gasteiger partial charge in [0.25, 0.3) is 0 Å². The second-order valence-electron chi connectivity index (χ2n) is 7.47. The molecule has 4 rings (SSSR count). The van der Waals surface area contributed by atoms with Crippen LogP contribution in [0.3, 0.4) is 0 Å². The van der Waals surface area contributed by atoms with Gasteiger partial charge in [-0.1, -0.05) is 6.07 Å². The first-order valence-corrected chi connectivity index (χ1v) is 9.81. The van der Waals surface area contributed by atoms with Crippen molar-refractivity contribution in [2.24, 2.45) is 0 Å². The average Bonchev–Trinajstić information content (AvgIpc) is 2.99. The molecule has 4 aromatic rings. The Balaban J connectivity index is 1.68. The molecule has 0 unspecified atom stereocenters. The van der Waals surface area contributed by atoms with Crippen LogP contribution in [0.5, 0.6) is 5.75 Å². The minimum atomic E-state index is -0.206. The Bertz CT molecular complexity index is 1320. The number of allylic oxidation sites excluding steroid dienone is 1. The van der Waals surface area contributed by atoms with Gasteiger partial charge in [0.1, 0.15) is 17.1 Å². The maximum atomic E-state index is 12.8. The Morgan fingerprint density at radius 1 is 1.10 bits per heavy atom. The molecule has 5 nitrogen and oxygen atoms in total. The van der Waals surface area contributed by atoms with Gasteiger partial charge in [-0.25, -0.2) is 0 Å². The molecule has 0 radical (unpaired) electrons. The normalized spacial score (nSPS) is 11.8. The van der Waals surface area contributed by atoms with Crippen LogP contribution in [0.2, 0.25) is 0 Å². The number of ether oxygens (including phenoxy) is 1. The molecule has 0 spiro atoms. The molecular formula is C25H24N2O3. The topological polar surface area (TPSA) is 64.4 Å². The number of methoxy groups -OCH3 is 1. The summed E-state index contributed by atoms with van der Waals surface area (Å²) in [6, 6.07) is 13.5. The number of benzene rings is 2. The Morgan fingerprint density at radius 2 is 1.90 bits per heavy atom. The van der Waals surface area contributed by atoms with E-state index in [2.05, 4.69) is 10.3 Å². The van der Waals surface area contributed by atoms with E-state index in [1.54, 1.807) is 13.2 Å². The Morgan fingerprint density at radius 3 is 2.67 bits per heavy atom. The van der Waals surface area contributed by atoms with Crippen LogP contribution in [0, 0.1) is 20.8 Å². The molecule has 1 N–H and O–H groups in total. The zero-order valence-electron chi connectivity index (χ0n) is 17.8. The molecule has 5 heteroatoms. The van der Waals surface area contributed by atoms with Gasteiger partial charge in [0.05, 0.1) is 18.3 Å². The molecule has 30 heavy (non-hydrogen) atoms. The number of rotatable bonds is 4. The van der Waals surface area contributed by atoms with E-state index in [1.165, 1.54) is 0 Å². The number of hydrogen-bond acceptors (Lipinski definition) is 4. The van der Waals surface area contributed by atoms with E-state index < -0.39 is 0 Å². The molecule has 0 atom stereocenters. The van der Waals surface area contributed by atoms with E-state index >= 15 is 0 Å². The van der Waals surface area contributed by atoms with Crippen molar-refractivity contribution in [3.63, 3.8) is 0 Å². The summed E-state index contributed by atoms with van der Waals surface area (Å²) in [5.74, 6) is 1.34. The first-order valence-electron chi connectivity index (χ1n) is 9.81. The van der Waals surface area contributed by atoms with Crippen molar-refractivity contribution < 1.29 is 13.9 Å². The first-order chi connectivity index (χ1) is 14.4. The average molecular weight is 400 g/mol. The number of carbonyl (C=O) groups is 1. The highest BCUT2D eigenvalue weighted by Crippen LogP contribution is 2.35. The van der Waals surface area contributed by atoms with E-state index in [1.807, 2.05) is 70.2 Å². The van der Waals surface area contributed by atoms with Gasteiger partial charge in [-0.3, -0.25) is 9.78 Å². The third kappa shape index (κ3) is 3.54. The molecule has 0 bridgehead atoms. The smallest absolute Gasteiger partial charge is 0.248 e. The minimum Gasteiger partial charge on any atom is -0.496 e. The summed E-state index contributed by atoms with van der Waals surface area (Å²) in [5.41, 5.74) is 6.06. The van der Waals surface area contributed by atoms with Crippen LogP contribution in [0.15, 0.2) is 53.0 Å². The van der Waals surface area contributed by atoms with Crippen molar-refractivity contribution in [3.05, 3.63) is 71.1 Å². The van der Waals surface area contributed by atoms with Crippen LogP contribution in [-0.2, 0) is 4.79 Å². The van der Waals surface area contributed by atoms with Crippen molar-refractivity contribution in [3.8, 4) is 5.75 Å². The van der Waals surface area contributed by atoms with Crippen LogP contribution in [-0.4, -0.2) is 18.0 Å². The van der Waals surface area contributed by atoms with Crippen molar-refractivity contribution >= 4 is 39.0 Å². The van der Waals surface area contributed by atoms with Crippen molar-refractivity contribution in [1.82, 2.24) is 4.98 Å². The zero-order chi connectivity index (χ0) is 21.4. The van der Waals surface area contributed by atoms with Crippen LogP contribution in [0.25, 0.3) is 27.4 Å². The molecule has 0 fully saturated rings. The molecular weight excluding hydrogens is 376 g/mol. The SMILES string of the molecule is COc1cc2oc(C)c(C)c2cc1/C(C)=C/C(=O)Nc1cccc2nc(C)ccc12. The van der Waals surface area contributed by atoms with Crippen LogP contribution < -0.4 is 10.1 Å². The third-order valence-electron chi connectivity index (χ3n) is 5.40. The summed E-state index contributed by atoms with van der Waals surface area (Å²) in [5, 5.41) is 4.91. The lowest BCUT2D eigenvalue weighted by molar-refractivity contribution is -0.111. The molecule has 0 aliphatic rings. The lowest BCUT2D eigenvalue weighted by Crippen LogP contribution is -2.09. The summed E-state index contributed by atoms with van der Waals surface area (Å²) >= 11 is 0. The lowest BCUT2D eigenvalue weighted by atomic mass is 10.0. The lowest BCUT2D eigenvalue weighted by Gasteiger charge is -2.11. The third-order valence-corrected chi connectivity index (χ3v) is 5.40. The number of carbonyl (C=O) groups excluding carboxylic acids is 1. The van der Waals surface area contributed by atoms with Gasteiger partial charge in [0, 0.05) is 34.2 Å². The number of nitrogens with one attached hydrogen (secondary N) is 1. The molecule has 0 aliphatic carbocycles. The largest absolute Gasteiger partial charge is 0.496 e. The predicted octanol–water partition coefficient (Wildman–Crippen LogP) is 5.96. The van der Waals surface area contributed by atoms with Gasteiger partial charge in [0.2, 0.25) is 5.91 Å². The Hall–Kier alpha value is -3.60. The van der Waals surface area contributed by atoms with E-state index in [4.69, 9.17) is 9.15 Å². The van der Waals surface area contributed by atoms with Crippen molar-refractivity contribution in [2.45, 2.75) is 27.7 Å². The number of aromatic nitrogens is 1. The number of fused-ring (bicyclic) bond motifs is 2. The van der Waals surface area contributed by atoms with Crippen molar-refractivity contribution in [1.29, 1.82) is 0 Å². The van der Waals surface area contributed by atoms with Crippen LogP contribution >= 0.6 is 0 Å². The highest BCUT2D eigenvalue weighted by molar-refractivity contribution is 6.08. The first kappa shape index (κ1) is 19.7. The minimum absolute atomic E-state index is 0.206. The van der Waals surface area contributed by atoms with Crippen LogP contribution in [0.4, 0.5) is 5.69 Å². The number of amides is 1. The standard InChI is InChI=1S/C25H24N2O3/c1-14(19-12-20-16(3)17(4)30-24(20)13-23(19)29-5)11-25(28)27-22-8-6-7-21-18(22)10-9-15(2)26-21/h6-13H,1-5H3,(H,27,28)/b14-11+. The van der Waals surface area contributed by atoms with E-state index in [-0.39, 0.29) is 5.91 Å². The van der Waals surface area contributed by atoms with Gasteiger partial charge < -0.3 is 14.5 Å². The molecule has 2 aromatic heterocycles. The molecule has 0 saturated carbocycles. The summed E-state index contributed by atoms with van der Waals surface area (Å²) in [4.78, 5) is 17.3. The quantitative estimate of drug-likeness (QED) is 0.430. The predicted molar refractivity (Wildman–Crippen MR) is 121 cm³/mol. The molecule has 0 aliphatic heterocycles. The Kier molecular flexibility index (Phi) is 5.04. The van der Waals surface area contributed by atoms with Crippen LogP contribution in [0.1, 0.15) is 29.5 Å². The number of anilines is 1.